The van der Waals surface area contributed by atoms with E-state index in [2.05, 4.69) is 20.7 Å². The van der Waals surface area contributed by atoms with Crippen molar-refractivity contribution in [3.05, 3.63) is 11.4 Å². The van der Waals surface area contributed by atoms with Gasteiger partial charge in [0.15, 0.2) is 5.69 Å². The predicted molar refractivity (Wildman–Crippen MR) is 41.6 cm³/mol. The first-order valence-electron chi connectivity index (χ1n) is 3.95. The highest BCUT2D eigenvalue weighted by atomic mass is 16.2. The minimum absolute atomic E-state index is 0.122. The number of nitrogens with one attached hydrogen (secondary N) is 2. The van der Waals surface area contributed by atoms with E-state index in [1.165, 1.54) is 0 Å². The molecule has 5 nitrogen and oxygen atoms in total. The average molecular weight is 166 g/mol. The molecule has 1 heterocycles. The number of aromatic amines is 1. The quantitative estimate of drug-likeness (QED) is 0.650. The first-order chi connectivity index (χ1) is 5.77. The molecule has 0 aliphatic heterocycles. The van der Waals surface area contributed by atoms with Crippen LogP contribution in [-0.2, 0) is 0 Å². The predicted octanol–water partition coefficient (Wildman–Crippen LogP) is 0.00532. The molecule has 1 aliphatic rings. The van der Waals surface area contributed by atoms with E-state index < -0.39 is 0 Å². The number of rotatable bonds is 2. The van der Waals surface area contributed by atoms with Crippen LogP contribution >= 0.6 is 0 Å². The number of H-pyrrole nitrogens is 1. The summed E-state index contributed by atoms with van der Waals surface area (Å²) in [6.07, 6.45) is 2.17. The van der Waals surface area contributed by atoms with Gasteiger partial charge in [0.25, 0.3) is 5.91 Å². The molecule has 0 atom stereocenters. The highest BCUT2D eigenvalue weighted by molar-refractivity contribution is 5.93. The van der Waals surface area contributed by atoms with Gasteiger partial charge in [-0.1, -0.05) is 0 Å². The van der Waals surface area contributed by atoms with Gasteiger partial charge in [0, 0.05) is 6.04 Å². The lowest BCUT2D eigenvalue weighted by molar-refractivity contribution is 0.0945. The number of aryl methyl sites for hydroxylation is 1. The first kappa shape index (κ1) is 7.27. The molecule has 0 unspecified atom stereocenters. The lowest BCUT2D eigenvalue weighted by atomic mass is 10.3. The van der Waals surface area contributed by atoms with Gasteiger partial charge in [0.05, 0.1) is 5.69 Å². The SMILES string of the molecule is Cc1n[nH]nc1C(=O)NC1CC1. The first-order valence-corrected chi connectivity index (χ1v) is 3.95. The summed E-state index contributed by atoms with van der Waals surface area (Å²) < 4.78 is 0. The Morgan fingerprint density at radius 3 is 2.83 bits per heavy atom. The van der Waals surface area contributed by atoms with Crippen LogP contribution < -0.4 is 5.32 Å². The maximum Gasteiger partial charge on any atom is 0.273 e. The number of nitrogens with zero attached hydrogens (tertiary/aromatic N) is 2. The van der Waals surface area contributed by atoms with Gasteiger partial charge in [0.2, 0.25) is 0 Å². The Bertz CT molecular complexity index is 302. The summed E-state index contributed by atoms with van der Waals surface area (Å²) in [5.41, 5.74) is 1.05. The van der Waals surface area contributed by atoms with Crippen molar-refractivity contribution < 1.29 is 4.79 Å². The molecule has 0 bridgehead atoms. The standard InChI is InChI=1S/C7H10N4O/c1-4-6(10-11-9-4)7(12)8-5-2-3-5/h5H,2-3H2,1H3,(H,8,12)(H,9,10,11). The summed E-state index contributed by atoms with van der Waals surface area (Å²) in [4.78, 5) is 11.3. The van der Waals surface area contributed by atoms with E-state index in [9.17, 15) is 4.79 Å². The van der Waals surface area contributed by atoms with Gasteiger partial charge in [-0.05, 0) is 19.8 Å². The molecule has 5 heteroatoms. The summed E-state index contributed by atoms with van der Waals surface area (Å²) in [5, 5.41) is 12.8. The van der Waals surface area contributed by atoms with Gasteiger partial charge >= 0.3 is 0 Å². The third kappa shape index (κ3) is 1.30. The van der Waals surface area contributed by atoms with E-state index in [1.807, 2.05) is 0 Å². The van der Waals surface area contributed by atoms with E-state index in [0.717, 1.165) is 12.8 Å². The van der Waals surface area contributed by atoms with Gasteiger partial charge in [-0.15, -0.1) is 0 Å². The van der Waals surface area contributed by atoms with Crippen LogP contribution in [0.25, 0.3) is 0 Å². The van der Waals surface area contributed by atoms with Crippen molar-refractivity contribution in [2.45, 2.75) is 25.8 Å². The molecule has 2 rings (SSSR count). The molecule has 0 aromatic carbocycles. The summed E-state index contributed by atoms with van der Waals surface area (Å²) in [6, 6.07) is 0.369. The fraction of sp³-hybridized carbons (Fsp3) is 0.571. The Balaban J connectivity index is 2.07. The maximum absolute atomic E-state index is 11.3. The second-order valence-corrected chi connectivity index (χ2v) is 3.01. The summed E-state index contributed by atoms with van der Waals surface area (Å²) in [6.45, 7) is 1.76. The smallest absolute Gasteiger partial charge is 0.273 e. The zero-order valence-electron chi connectivity index (χ0n) is 6.79. The van der Waals surface area contributed by atoms with Crippen molar-refractivity contribution in [2.75, 3.05) is 0 Å². The average Bonchev–Trinajstić information content (AvgIpc) is 2.72. The van der Waals surface area contributed by atoms with E-state index in [0.29, 0.717) is 17.4 Å². The largest absolute Gasteiger partial charge is 0.348 e. The molecule has 0 spiro atoms. The summed E-state index contributed by atoms with van der Waals surface area (Å²) in [7, 11) is 0. The molecule has 1 saturated carbocycles. The van der Waals surface area contributed by atoms with Crippen LogP contribution in [0.5, 0.6) is 0 Å². The molecular weight excluding hydrogens is 156 g/mol. The molecule has 1 amide bonds. The number of hydrogen-bond acceptors (Lipinski definition) is 3. The molecule has 2 N–H and O–H groups in total. The number of carbonyl (C=O) groups is 1. The Morgan fingerprint density at radius 1 is 1.58 bits per heavy atom. The van der Waals surface area contributed by atoms with Gasteiger partial charge in [-0.25, -0.2) is 0 Å². The van der Waals surface area contributed by atoms with E-state index >= 15 is 0 Å². The van der Waals surface area contributed by atoms with Crippen LogP contribution in [0.15, 0.2) is 0 Å². The third-order valence-electron chi connectivity index (χ3n) is 1.85. The monoisotopic (exact) mass is 166 g/mol. The van der Waals surface area contributed by atoms with E-state index in [1.54, 1.807) is 6.92 Å². The minimum Gasteiger partial charge on any atom is -0.348 e. The van der Waals surface area contributed by atoms with Crippen LogP contribution in [-0.4, -0.2) is 27.4 Å². The van der Waals surface area contributed by atoms with Crippen molar-refractivity contribution in [1.29, 1.82) is 0 Å². The van der Waals surface area contributed by atoms with Gasteiger partial charge in [-0.3, -0.25) is 4.79 Å². The van der Waals surface area contributed by atoms with Crippen molar-refractivity contribution in [2.24, 2.45) is 0 Å². The molecule has 1 fully saturated rings. The fourth-order valence-electron chi connectivity index (χ4n) is 0.980. The van der Waals surface area contributed by atoms with Crippen molar-refractivity contribution in [3.8, 4) is 0 Å². The molecule has 12 heavy (non-hydrogen) atoms. The Morgan fingerprint density at radius 2 is 2.33 bits per heavy atom. The Hall–Kier alpha value is -1.39. The topological polar surface area (TPSA) is 70.7 Å². The highest BCUT2D eigenvalue weighted by Gasteiger charge is 2.25. The molecule has 0 radical (unpaired) electrons. The Kier molecular flexibility index (Phi) is 1.56. The Labute approximate surface area is 69.5 Å². The lowest BCUT2D eigenvalue weighted by Gasteiger charge is -1.98. The van der Waals surface area contributed by atoms with E-state index in [4.69, 9.17) is 0 Å². The molecule has 64 valence electrons. The number of aromatic nitrogens is 3. The summed E-state index contributed by atoms with van der Waals surface area (Å²) in [5.74, 6) is -0.122. The number of amides is 1. The number of hydrogen-bond donors (Lipinski definition) is 2. The molecule has 1 aromatic heterocycles. The summed E-state index contributed by atoms with van der Waals surface area (Å²) >= 11 is 0. The minimum atomic E-state index is -0.122. The molecule has 1 aliphatic carbocycles. The lowest BCUT2D eigenvalue weighted by Crippen LogP contribution is -2.26. The van der Waals surface area contributed by atoms with E-state index in [-0.39, 0.29) is 5.91 Å². The van der Waals surface area contributed by atoms with Gasteiger partial charge in [-0.2, -0.15) is 15.4 Å². The van der Waals surface area contributed by atoms with Crippen molar-refractivity contribution >= 4 is 5.91 Å². The second-order valence-electron chi connectivity index (χ2n) is 3.01. The van der Waals surface area contributed by atoms with Crippen LogP contribution in [0.3, 0.4) is 0 Å². The maximum atomic E-state index is 11.3. The van der Waals surface area contributed by atoms with Crippen molar-refractivity contribution in [3.63, 3.8) is 0 Å². The fourth-order valence-corrected chi connectivity index (χ4v) is 0.980. The zero-order chi connectivity index (χ0) is 8.55. The van der Waals surface area contributed by atoms with Crippen LogP contribution in [0.2, 0.25) is 0 Å². The van der Waals surface area contributed by atoms with Gasteiger partial charge < -0.3 is 5.32 Å². The molecule has 0 saturated heterocycles. The van der Waals surface area contributed by atoms with Crippen LogP contribution in [0.4, 0.5) is 0 Å². The second kappa shape index (κ2) is 2.58. The van der Waals surface area contributed by atoms with Crippen molar-refractivity contribution in [1.82, 2.24) is 20.7 Å². The normalized spacial score (nSPS) is 16.1. The molecule has 1 aromatic rings. The number of carbonyl (C=O) groups excluding carboxylic acids is 1. The zero-order valence-corrected chi connectivity index (χ0v) is 6.79. The highest BCUT2D eigenvalue weighted by Crippen LogP contribution is 2.19. The van der Waals surface area contributed by atoms with Crippen LogP contribution in [0.1, 0.15) is 29.0 Å². The third-order valence-corrected chi connectivity index (χ3v) is 1.85. The van der Waals surface area contributed by atoms with Gasteiger partial charge in [0.1, 0.15) is 0 Å². The van der Waals surface area contributed by atoms with Crippen LogP contribution in [0, 0.1) is 6.92 Å². The molecular formula is C7H10N4O.